The molecule has 1 N–H and O–H groups in total. The first-order valence-electron chi connectivity index (χ1n) is 7.25. The number of halogens is 4. The molecule has 0 spiro atoms. The van der Waals surface area contributed by atoms with Crippen LogP contribution < -0.4 is 0 Å². The zero-order valence-electron chi connectivity index (χ0n) is 13.1. The van der Waals surface area contributed by atoms with E-state index in [2.05, 4.69) is 15.9 Å². The number of benzene rings is 1. The van der Waals surface area contributed by atoms with E-state index in [1.54, 1.807) is 0 Å². The van der Waals surface area contributed by atoms with Gasteiger partial charge in [0.25, 0.3) is 0 Å². The molecular formula is C16H19BrF3NO2. The van der Waals surface area contributed by atoms with Gasteiger partial charge in [0.15, 0.2) is 0 Å². The molecule has 128 valence electrons. The molecule has 1 fully saturated rings. The first-order chi connectivity index (χ1) is 10.4. The van der Waals surface area contributed by atoms with Crippen LogP contribution in [0.3, 0.4) is 0 Å². The minimum Gasteiger partial charge on any atom is -0.481 e. The second-order valence-corrected chi connectivity index (χ2v) is 7.77. The van der Waals surface area contributed by atoms with Crippen LogP contribution in [-0.2, 0) is 11.0 Å². The van der Waals surface area contributed by atoms with Crippen LogP contribution in [0.1, 0.15) is 37.8 Å². The van der Waals surface area contributed by atoms with E-state index in [4.69, 9.17) is 0 Å². The van der Waals surface area contributed by atoms with Gasteiger partial charge >= 0.3 is 12.1 Å². The number of alkyl halides is 3. The standard InChI is InChI=1S/C16H19BrF3NO2/c1-15(2,3)21-7-11(12(8-21)14(22)23)10-5-4-9(17)6-13(10)16(18,19)20/h4-6,11-12H,7-8H2,1-3H3,(H,22,23)/t11-,12+/m0/s1. The molecule has 7 heteroatoms. The molecule has 2 atom stereocenters. The van der Waals surface area contributed by atoms with Crippen LogP contribution in [0, 0.1) is 5.92 Å². The van der Waals surface area contributed by atoms with E-state index >= 15 is 0 Å². The summed E-state index contributed by atoms with van der Waals surface area (Å²) in [7, 11) is 0. The third-order valence-corrected chi connectivity index (χ3v) is 4.80. The number of hydrogen-bond acceptors (Lipinski definition) is 2. The van der Waals surface area contributed by atoms with E-state index in [0.29, 0.717) is 11.0 Å². The first kappa shape index (κ1) is 18.3. The van der Waals surface area contributed by atoms with E-state index in [9.17, 15) is 23.1 Å². The predicted molar refractivity (Wildman–Crippen MR) is 84.3 cm³/mol. The van der Waals surface area contributed by atoms with E-state index in [-0.39, 0.29) is 17.6 Å². The SMILES string of the molecule is CC(C)(C)N1C[C@@H](C(=O)O)[C@H](c2ccc(Br)cc2C(F)(F)F)C1. The summed E-state index contributed by atoms with van der Waals surface area (Å²) in [6, 6.07) is 3.94. The number of carboxylic acids is 1. The first-order valence-corrected chi connectivity index (χ1v) is 8.05. The van der Waals surface area contributed by atoms with Gasteiger partial charge < -0.3 is 5.11 Å². The topological polar surface area (TPSA) is 40.5 Å². The summed E-state index contributed by atoms with van der Waals surface area (Å²) >= 11 is 3.06. The van der Waals surface area contributed by atoms with Crippen molar-refractivity contribution in [3.63, 3.8) is 0 Å². The van der Waals surface area contributed by atoms with Crippen molar-refractivity contribution in [2.45, 2.75) is 38.4 Å². The Bertz CT molecular complexity index is 610. The molecule has 1 aliphatic heterocycles. The Morgan fingerprint density at radius 1 is 1.26 bits per heavy atom. The highest BCUT2D eigenvalue weighted by molar-refractivity contribution is 9.10. The lowest BCUT2D eigenvalue weighted by Crippen LogP contribution is -2.40. The third kappa shape index (κ3) is 3.88. The Balaban J connectivity index is 2.49. The Hall–Kier alpha value is -1.08. The largest absolute Gasteiger partial charge is 0.481 e. The zero-order valence-corrected chi connectivity index (χ0v) is 14.7. The second kappa shape index (κ2) is 6.09. The van der Waals surface area contributed by atoms with Gasteiger partial charge in [0.2, 0.25) is 0 Å². The number of likely N-dealkylation sites (tertiary alicyclic amines) is 1. The molecule has 0 bridgehead atoms. The monoisotopic (exact) mass is 393 g/mol. The molecule has 1 aliphatic rings. The minimum absolute atomic E-state index is 0.0554. The Kier molecular flexibility index (Phi) is 4.84. The lowest BCUT2D eigenvalue weighted by molar-refractivity contribution is -0.143. The van der Waals surface area contributed by atoms with Gasteiger partial charge in [-0.25, -0.2) is 0 Å². The van der Waals surface area contributed by atoms with Crippen molar-refractivity contribution in [3.05, 3.63) is 33.8 Å². The zero-order chi connectivity index (χ0) is 17.6. The molecular weight excluding hydrogens is 375 g/mol. The quantitative estimate of drug-likeness (QED) is 0.810. The molecule has 0 unspecified atom stereocenters. The molecule has 0 saturated carbocycles. The summed E-state index contributed by atoms with van der Waals surface area (Å²) in [5.41, 5.74) is -1.00. The number of aliphatic carboxylic acids is 1. The number of nitrogens with zero attached hydrogens (tertiary/aromatic N) is 1. The molecule has 2 rings (SSSR count). The molecule has 1 heterocycles. The van der Waals surface area contributed by atoms with Crippen molar-refractivity contribution in [2.24, 2.45) is 5.92 Å². The second-order valence-electron chi connectivity index (χ2n) is 6.86. The van der Waals surface area contributed by atoms with Gasteiger partial charge in [-0.1, -0.05) is 22.0 Å². The summed E-state index contributed by atoms with van der Waals surface area (Å²) in [6.45, 7) is 6.34. The Morgan fingerprint density at radius 3 is 2.35 bits per heavy atom. The molecule has 0 radical (unpaired) electrons. The fourth-order valence-corrected chi connectivity index (χ4v) is 3.38. The van der Waals surface area contributed by atoms with Gasteiger partial charge in [0.05, 0.1) is 11.5 Å². The summed E-state index contributed by atoms with van der Waals surface area (Å²) in [6.07, 6.45) is -4.52. The smallest absolute Gasteiger partial charge is 0.416 e. The van der Waals surface area contributed by atoms with Crippen molar-refractivity contribution in [3.8, 4) is 0 Å². The maximum Gasteiger partial charge on any atom is 0.416 e. The van der Waals surface area contributed by atoms with Crippen molar-refractivity contribution in [1.82, 2.24) is 4.90 Å². The van der Waals surface area contributed by atoms with Crippen LogP contribution in [0.25, 0.3) is 0 Å². The van der Waals surface area contributed by atoms with Crippen molar-refractivity contribution < 1.29 is 23.1 Å². The maximum absolute atomic E-state index is 13.4. The Morgan fingerprint density at radius 2 is 1.87 bits per heavy atom. The van der Waals surface area contributed by atoms with Gasteiger partial charge in [-0.2, -0.15) is 13.2 Å². The summed E-state index contributed by atoms with van der Waals surface area (Å²) in [5.74, 6) is -2.59. The predicted octanol–water partition coefficient (Wildman–Crippen LogP) is 4.37. The molecule has 0 aromatic heterocycles. The van der Waals surface area contributed by atoms with Gasteiger partial charge in [-0.05, 0) is 38.5 Å². The van der Waals surface area contributed by atoms with Crippen LogP contribution in [0.5, 0.6) is 0 Å². The van der Waals surface area contributed by atoms with Gasteiger partial charge in [-0.3, -0.25) is 9.69 Å². The van der Waals surface area contributed by atoms with E-state index in [0.717, 1.165) is 6.07 Å². The minimum atomic E-state index is -4.52. The molecule has 1 aromatic rings. The van der Waals surface area contributed by atoms with Crippen LogP contribution in [-0.4, -0.2) is 34.6 Å². The van der Waals surface area contributed by atoms with Gasteiger partial charge in [0, 0.05) is 29.0 Å². The number of rotatable bonds is 2. The van der Waals surface area contributed by atoms with E-state index < -0.39 is 29.5 Å². The van der Waals surface area contributed by atoms with Gasteiger partial charge in [0.1, 0.15) is 0 Å². The normalized spacial score (nSPS) is 23.3. The highest BCUT2D eigenvalue weighted by Crippen LogP contribution is 2.43. The third-order valence-electron chi connectivity index (χ3n) is 4.31. The highest BCUT2D eigenvalue weighted by Gasteiger charge is 2.45. The lowest BCUT2D eigenvalue weighted by Gasteiger charge is -2.31. The molecule has 1 saturated heterocycles. The Labute approximate surface area is 141 Å². The summed E-state index contributed by atoms with van der Waals surface area (Å²) in [5, 5.41) is 9.46. The molecule has 1 aromatic carbocycles. The summed E-state index contributed by atoms with van der Waals surface area (Å²) in [4.78, 5) is 13.5. The van der Waals surface area contributed by atoms with E-state index in [1.807, 2.05) is 25.7 Å². The molecule has 3 nitrogen and oxygen atoms in total. The van der Waals surface area contributed by atoms with Crippen molar-refractivity contribution in [2.75, 3.05) is 13.1 Å². The number of hydrogen-bond donors (Lipinski definition) is 1. The maximum atomic E-state index is 13.4. The lowest BCUT2D eigenvalue weighted by atomic mass is 9.86. The average molecular weight is 394 g/mol. The molecule has 0 amide bonds. The number of carbonyl (C=O) groups is 1. The highest BCUT2D eigenvalue weighted by atomic mass is 79.9. The van der Waals surface area contributed by atoms with Gasteiger partial charge in [-0.15, -0.1) is 0 Å². The van der Waals surface area contributed by atoms with Crippen molar-refractivity contribution in [1.29, 1.82) is 0 Å². The fraction of sp³-hybridized carbons (Fsp3) is 0.562. The van der Waals surface area contributed by atoms with E-state index in [1.165, 1.54) is 12.1 Å². The van der Waals surface area contributed by atoms with Crippen LogP contribution in [0.2, 0.25) is 0 Å². The van der Waals surface area contributed by atoms with Crippen molar-refractivity contribution >= 4 is 21.9 Å². The molecule has 0 aliphatic carbocycles. The van der Waals surface area contributed by atoms with Crippen LogP contribution >= 0.6 is 15.9 Å². The average Bonchev–Trinajstić information content (AvgIpc) is 2.82. The fourth-order valence-electron chi connectivity index (χ4n) is 3.01. The summed E-state index contributed by atoms with van der Waals surface area (Å²) < 4.78 is 40.4. The van der Waals surface area contributed by atoms with Crippen LogP contribution in [0.4, 0.5) is 13.2 Å². The molecule has 23 heavy (non-hydrogen) atoms. The number of carboxylic acid groups (broad SMARTS) is 1. The van der Waals surface area contributed by atoms with Crippen LogP contribution in [0.15, 0.2) is 22.7 Å².